The molecule has 0 unspecified atom stereocenters. The van der Waals surface area contributed by atoms with E-state index in [0.29, 0.717) is 28.7 Å². The zero-order valence-corrected chi connectivity index (χ0v) is 13.7. The summed E-state index contributed by atoms with van der Waals surface area (Å²) in [6, 6.07) is 5.43. The number of rotatable bonds is 4. The van der Waals surface area contributed by atoms with E-state index in [0.717, 1.165) is 28.4 Å². The molecule has 7 heteroatoms. The van der Waals surface area contributed by atoms with Crippen molar-refractivity contribution in [1.29, 1.82) is 0 Å². The quantitative estimate of drug-likeness (QED) is 0.784. The minimum absolute atomic E-state index is 0.483. The summed E-state index contributed by atoms with van der Waals surface area (Å²) in [6.45, 7) is 3.79. The number of H-pyrrole nitrogens is 1. The van der Waals surface area contributed by atoms with Crippen LogP contribution in [0.15, 0.2) is 22.7 Å². The molecule has 0 radical (unpaired) electrons. The van der Waals surface area contributed by atoms with Gasteiger partial charge in [0.15, 0.2) is 5.82 Å². The molecule has 2 heterocycles. The van der Waals surface area contributed by atoms with E-state index in [4.69, 9.17) is 27.7 Å². The van der Waals surface area contributed by atoms with Crippen molar-refractivity contribution in [2.75, 3.05) is 0 Å². The zero-order valence-electron chi connectivity index (χ0n) is 12.2. The second kappa shape index (κ2) is 6.10. The molecular formula is C15H14Cl2N4O. The third kappa shape index (κ3) is 3.00. The van der Waals surface area contributed by atoms with E-state index in [9.17, 15) is 0 Å². The number of aromatic nitrogens is 4. The maximum atomic E-state index is 6.17. The zero-order chi connectivity index (χ0) is 15.7. The highest BCUT2D eigenvalue weighted by molar-refractivity contribution is 6.36. The molecular weight excluding hydrogens is 323 g/mol. The highest BCUT2D eigenvalue weighted by atomic mass is 35.5. The number of aromatic amines is 1. The van der Waals surface area contributed by atoms with Crippen LogP contribution >= 0.6 is 23.2 Å². The van der Waals surface area contributed by atoms with Crippen molar-refractivity contribution in [3.05, 3.63) is 62.5 Å². The molecule has 0 spiro atoms. The molecule has 0 amide bonds. The van der Waals surface area contributed by atoms with Crippen LogP contribution in [0.2, 0.25) is 10.0 Å². The third-order valence-electron chi connectivity index (χ3n) is 3.50. The summed E-state index contributed by atoms with van der Waals surface area (Å²) >= 11 is 12.3. The molecule has 2 aromatic heterocycles. The van der Waals surface area contributed by atoms with Crippen molar-refractivity contribution < 1.29 is 4.52 Å². The normalized spacial score (nSPS) is 11.1. The van der Waals surface area contributed by atoms with E-state index < -0.39 is 0 Å². The molecule has 5 nitrogen and oxygen atoms in total. The van der Waals surface area contributed by atoms with Crippen LogP contribution in [0.1, 0.15) is 34.2 Å². The molecule has 1 aromatic carbocycles. The topological polar surface area (TPSA) is 67.6 Å². The molecule has 1 N–H and O–H groups in total. The van der Waals surface area contributed by atoms with Gasteiger partial charge in [0.25, 0.3) is 0 Å². The van der Waals surface area contributed by atoms with Gasteiger partial charge >= 0.3 is 0 Å². The van der Waals surface area contributed by atoms with Crippen LogP contribution in [-0.2, 0) is 12.8 Å². The van der Waals surface area contributed by atoms with Gasteiger partial charge in [0.05, 0.1) is 5.69 Å². The Bertz CT molecular complexity index is 770. The van der Waals surface area contributed by atoms with Gasteiger partial charge in [0, 0.05) is 28.5 Å². The predicted molar refractivity (Wildman–Crippen MR) is 84.4 cm³/mol. The maximum Gasteiger partial charge on any atom is 0.155 e. The predicted octanol–water partition coefficient (Wildman–Crippen LogP) is 3.90. The first-order valence-electron chi connectivity index (χ1n) is 6.79. The van der Waals surface area contributed by atoms with E-state index in [-0.39, 0.29) is 0 Å². The van der Waals surface area contributed by atoms with Gasteiger partial charge in [0.1, 0.15) is 11.6 Å². The van der Waals surface area contributed by atoms with Crippen molar-refractivity contribution in [3.63, 3.8) is 0 Å². The van der Waals surface area contributed by atoms with E-state index in [1.54, 1.807) is 12.1 Å². The van der Waals surface area contributed by atoms with Gasteiger partial charge in [-0.05, 0) is 31.5 Å². The molecule has 3 rings (SSSR count). The first kappa shape index (κ1) is 15.1. The molecule has 114 valence electrons. The fourth-order valence-electron chi connectivity index (χ4n) is 2.27. The van der Waals surface area contributed by atoms with Gasteiger partial charge < -0.3 is 4.52 Å². The Kier molecular flexibility index (Phi) is 4.18. The molecule has 3 aromatic rings. The summed E-state index contributed by atoms with van der Waals surface area (Å²) in [7, 11) is 0. The summed E-state index contributed by atoms with van der Waals surface area (Å²) in [5, 5.41) is 12.3. The summed E-state index contributed by atoms with van der Waals surface area (Å²) < 4.78 is 5.15. The monoisotopic (exact) mass is 336 g/mol. The van der Waals surface area contributed by atoms with Crippen LogP contribution in [0, 0.1) is 13.8 Å². The maximum absolute atomic E-state index is 6.17. The summed E-state index contributed by atoms with van der Waals surface area (Å²) in [5.74, 6) is 2.20. The van der Waals surface area contributed by atoms with Crippen molar-refractivity contribution >= 4 is 23.2 Å². The minimum atomic E-state index is 0.483. The largest absolute Gasteiger partial charge is 0.361 e. The summed E-state index contributed by atoms with van der Waals surface area (Å²) in [5.41, 5.74) is 2.72. The van der Waals surface area contributed by atoms with Gasteiger partial charge in [-0.15, -0.1) is 0 Å². The van der Waals surface area contributed by atoms with Gasteiger partial charge in [-0.25, -0.2) is 4.98 Å². The molecule has 0 fully saturated rings. The van der Waals surface area contributed by atoms with Crippen molar-refractivity contribution in [1.82, 2.24) is 20.3 Å². The average molecular weight is 337 g/mol. The van der Waals surface area contributed by atoms with Crippen molar-refractivity contribution in [2.45, 2.75) is 26.7 Å². The highest BCUT2D eigenvalue weighted by Gasteiger charge is 2.14. The standard InChI is InChI=1S/C15H14Cl2N4O/c1-8-10(9(2)22-21-8)6-14-18-15(20-19-14)7-11-12(16)4-3-5-13(11)17/h3-5H,6-7H2,1-2H3,(H,18,19,20). The SMILES string of the molecule is Cc1noc(C)c1Cc1nc(Cc2c(Cl)cccc2Cl)n[nH]1. The van der Waals surface area contributed by atoms with Crippen LogP contribution in [0.25, 0.3) is 0 Å². The third-order valence-corrected chi connectivity index (χ3v) is 4.21. The fourth-order valence-corrected chi connectivity index (χ4v) is 2.81. The van der Waals surface area contributed by atoms with E-state index >= 15 is 0 Å². The molecule has 22 heavy (non-hydrogen) atoms. The lowest BCUT2D eigenvalue weighted by atomic mass is 10.1. The summed E-state index contributed by atoms with van der Waals surface area (Å²) in [4.78, 5) is 4.49. The molecule has 0 saturated heterocycles. The second-order valence-corrected chi connectivity index (χ2v) is 5.87. The Labute approximate surface area is 137 Å². The lowest BCUT2D eigenvalue weighted by Crippen LogP contribution is -1.95. The molecule has 0 bridgehead atoms. The number of nitrogens with one attached hydrogen (secondary N) is 1. The van der Waals surface area contributed by atoms with Crippen LogP contribution in [0.5, 0.6) is 0 Å². The molecule has 0 saturated carbocycles. The Balaban J connectivity index is 1.80. The van der Waals surface area contributed by atoms with E-state index in [1.807, 2.05) is 19.9 Å². The van der Waals surface area contributed by atoms with Crippen LogP contribution < -0.4 is 0 Å². The Morgan fingerprint density at radius 2 is 1.82 bits per heavy atom. The van der Waals surface area contributed by atoms with Gasteiger partial charge in [-0.2, -0.15) is 5.10 Å². The number of halogens is 2. The van der Waals surface area contributed by atoms with E-state index in [2.05, 4.69) is 20.3 Å². The van der Waals surface area contributed by atoms with Gasteiger partial charge in [0.2, 0.25) is 0 Å². The lowest BCUT2D eigenvalue weighted by molar-refractivity contribution is 0.392. The summed E-state index contributed by atoms with van der Waals surface area (Å²) in [6.07, 6.45) is 1.08. The molecule has 0 aliphatic rings. The Morgan fingerprint density at radius 1 is 1.09 bits per heavy atom. The fraction of sp³-hybridized carbons (Fsp3) is 0.267. The average Bonchev–Trinajstić information content (AvgIpc) is 3.05. The van der Waals surface area contributed by atoms with Gasteiger partial charge in [-0.3, -0.25) is 5.10 Å². The number of hydrogen-bond donors (Lipinski definition) is 1. The van der Waals surface area contributed by atoms with Crippen LogP contribution in [0.4, 0.5) is 0 Å². The number of aryl methyl sites for hydroxylation is 2. The number of benzene rings is 1. The minimum Gasteiger partial charge on any atom is -0.361 e. The lowest BCUT2D eigenvalue weighted by Gasteiger charge is -2.03. The number of hydrogen-bond acceptors (Lipinski definition) is 4. The number of nitrogens with zero attached hydrogens (tertiary/aromatic N) is 3. The van der Waals surface area contributed by atoms with Crippen LogP contribution in [-0.4, -0.2) is 20.3 Å². The van der Waals surface area contributed by atoms with Crippen molar-refractivity contribution in [3.8, 4) is 0 Å². The first-order chi connectivity index (χ1) is 10.5. The first-order valence-corrected chi connectivity index (χ1v) is 7.55. The van der Waals surface area contributed by atoms with Crippen molar-refractivity contribution in [2.24, 2.45) is 0 Å². The van der Waals surface area contributed by atoms with Crippen LogP contribution in [0.3, 0.4) is 0 Å². The Hall–Kier alpha value is -1.85. The molecule has 0 atom stereocenters. The van der Waals surface area contributed by atoms with E-state index in [1.165, 1.54) is 0 Å². The molecule has 0 aliphatic heterocycles. The highest BCUT2D eigenvalue weighted by Crippen LogP contribution is 2.26. The van der Waals surface area contributed by atoms with Gasteiger partial charge in [-0.1, -0.05) is 34.4 Å². The molecule has 0 aliphatic carbocycles. The Morgan fingerprint density at radius 3 is 2.45 bits per heavy atom. The second-order valence-electron chi connectivity index (χ2n) is 5.05. The smallest absolute Gasteiger partial charge is 0.155 e.